The quantitative estimate of drug-likeness (QED) is 0.651. The SMILES string of the molecule is CC[C@H]([C@@H]1c2c(cc3c(c2OC)OCO3)CC[NH+]1C)[N+](=O)[O-]. The van der Waals surface area contributed by atoms with Crippen LogP contribution in [0.5, 0.6) is 17.2 Å². The average Bonchev–Trinajstić information content (AvgIpc) is 2.95. The van der Waals surface area contributed by atoms with Crippen molar-refractivity contribution >= 4 is 0 Å². The Kier molecular flexibility index (Phi) is 3.82. The monoisotopic (exact) mass is 309 g/mol. The molecular weight excluding hydrogens is 288 g/mol. The highest BCUT2D eigenvalue weighted by molar-refractivity contribution is 5.61. The standard InChI is InChI=1S/C15H20N2O5/c1-4-10(17(18)19)13-12-9(5-6-16(13)2)7-11-14(15(12)20-3)22-8-21-11/h7,10,13H,4-6,8H2,1-3H3/p+1/t10-,13-/m1/s1. The summed E-state index contributed by atoms with van der Waals surface area (Å²) in [7, 11) is 3.58. The van der Waals surface area contributed by atoms with E-state index in [-0.39, 0.29) is 17.8 Å². The number of ether oxygens (including phenoxy) is 3. The van der Waals surface area contributed by atoms with Crippen LogP contribution in [0.4, 0.5) is 0 Å². The van der Waals surface area contributed by atoms with Crippen LogP contribution in [0, 0.1) is 10.1 Å². The normalized spacial score (nSPS) is 23.8. The van der Waals surface area contributed by atoms with Crippen LogP contribution in [0.25, 0.3) is 0 Å². The lowest BCUT2D eigenvalue weighted by Gasteiger charge is -2.33. The molecule has 2 aliphatic rings. The van der Waals surface area contributed by atoms with Crippen molar-refractivity contribution in [3.8, 4) is 17.2 Å². The maximum absolute atomic E-state index is 11.5. The van der Waals surface area contributed by atoms with E-state index in [0.717, 1.165) is 29.0 Å². The Balaban J connectivity index is 2.18. The molecule has 0 radical (unpaired) electrons. The number of fused-ring (bicyclic) bond motifs is 2. The average molecular weight is 309 g/mol. The summed E-state index contributed by atoms with van der Waals surface area (Å²) in [5, 5.41) is 11.5. The smallest absolute Gasteiger partial charge is 0.267 e. The highest BCUT2D eigenvalue weighted by Gasteiger charge is 2.45. The minimum absolute atomic E-state index is 0.161. The summed E-state index contributed by atoms with van der Waals surface area (Å²) in [6.07, 6.45) is 1.32. The molecule has 1 N–H and O–H groups in total. The van der Waals surface area contributed by atoms with E-state index in [2.05, 4.69) is 0 Å². The number of likely N-dealkylation sites (N-methyl/N-ethyl adjacent to an activating group) is 1. The molecular formula is C15H21N2O5+. The zero-order chi connectivity index (χ0) is 15.9. The van der Waals surface area contributed by atoms with Crippen molar-refractivity contribution in [1.82, 2.24) is 0 Å². The van der Waals surface area contributed by atoms with Crippen LogP contribution in [-0.2, 0) is 6.42 Å². The van der Waals surface area contributed by atoms with Crippen LogP contribution in [-0.4, -0.2) is 38.5 Å². The molecule has 0 saturated carbocycles. The Hall–Kier alpha value is -2.02. The van der Waals surface area contributed by atoms with E-state index in [1.807, 2.05) is 20.0 Å². The van der Waals surface area contributed by atoms with Gasteiger partial charge in [-0.25, -0.2) is 0 Å². The Labute approximate surface area is 128 Å². The molecule has 7 heteroatoms. The number of hydrogen-bond acceptors (Lipinski definition) is 5. The number of rotatable bonds is 4. The van der Waals surface area contributed by atoms with Crippen LogP contribution < -0.4 is 19.1 Å². The second-order valence-corrected chi connectivity index (χ2v) is 5.80. The van der Waals surface area contributed by atoms with Gasteiger partial charge in [0, 0.05) is 17.8 Å². The van der Waals surface area contributed by atoms with Gasteiger partial charge in [0.15, 0.2) is 17.5 Å². The minimum Gasteiger partial charge on any atom is -0.492 e. The summed E-state index contributed by atoms with van der Waals surface area (Å²) >= 11 is 0. The molecule has 1 aromatic rings. The van der Waals surface area contributed by atoms with E-state index in [4.69, 9.17) is 14.2 Å². The number of nitrogens with one attached hydrogen (secondary N) is 1. The summed E-state index contributed by atoms with van der Waals surface area (Å²) in [6.45, 7) is 2.87. The predicted octanol–water partition coefficient (Wildman–Crippen LogP) is 0.591. The maximum atomic E-state index is 11.5. The van der Waals surface area contributed by atoms with Crippen molar-refractivity contribution in [2.45, 2.75) is 31.8 Å². The van der Waals surface area contributed by atoms with E-state index in [9.17, 15) is 10.1 Å². The molecule has 0 aromatic heterocycles. The first-order valence-electron chi connectivity index (χ1n) is 7.53. The molecule has 0 spiro atoms. The third-order valence-corrected chi connectivity index (χ3v) is 4.65. The van der Waals surface area contributed by atoms with E-state index in [0.29, 0.717) is 23.7 Å². The van der Waals surface area contributed by atoms with Crippen molar-refractivity contribution < 1.29 is 24.0 Å². The van der Waals surface area contributed by atoms with Crippen LogP contribution in [0.2, 0.25) is 0 Å². The Morgan fingerprint density at radius 3 is 2.95 bits per heavy atom. The van der Waals surface area contributed by atoms with Gasteiger partial charge in [0.1, 0.15) is 0 Å². The predicted molar refractivity (Wildman–Crippen MR) is 78.4 cm³/mol. The highest BCUT2D eigenvalue weighted by atomic mass is 16.7. The molecule has 2 heterocycles. The number of nitro groups is 1. The molecule has 0 saturated heterocycles. The third kappa shape index (κ3) is 2.16. The Morgan fingerprint density at radius 1 is 1.55 bits per heavy atom. The Morgan fingerprint density at radius 2 is 2.32 bits per heavy atom. The van der Waals surface area contributed by atoms with E-state index >= 15 is 0 Å². The molecule has 2 aliphatic heterocycles. The van der Waals surface area contributed by atoms with Crippen molar-refractivity contribution in [2.75, 3.05) is 27.5 Å². The largest absolute Gasteiger partial charge is 0.492 e. The Bertz CT molecular complexity index is 604. The summed E-state index contributed by atoms with van der Waals surface area (Å²) in [4.78, 5) is 12.5. The molecule has 1 aromatic carbocycles. The van der Waals surface area contributed by atoms with E-state index < -0.39 is 6.04 Å². The second-order valence-electron chi connectivity index (χ2n) is 5.80. The fourth-order valence-corrected chi connectivity index (χ4v) is 3.59. The first-order valence-corrected chi connectivity index (χ1v) is 7.53. The summed E-state index contributed by atoms with van der Waals surface area (Å²) in [5.41, 5.74) is 1.97. The van der Waals surface area contributed by atoms with Crippen molar-refractivity contribution in [2.24, 2.45) is 0 Å². The number of nitrogens with zero attached hydrogens (tertiary/aromatic N) is 1. The van der Waals surface area contributed by atoms with Gasteiger partial charge in [0.2, 0.25) is 12.5 Å². The molecule has 3 rings (SSSR count). The van der Waals surface area contributed by atoms with E-state index in [1.165, 1.54) is 0 Å². The molecule has 0 fully saturated rings. The van der Waals surface area contributed by atoms with Gasteiger partial charge in [0.05, 0.1) is 26.3 Å². The lowest BCUT2D eigenvalue weighted by Crippen LogP contribution is -3.11. The lowest BCUT2D eigenvalue weighted by atomic mass is 9.86. The molecule has 1 unspecified atom stereocenters. The zero-order valence-corrected chi connectivity index (χ0v) is 13.0. The van der Waals surface area contributed by atoms with Gasteiger partial charge in [0.25, 0.3) is 6.04 Å². The molecule has 120 valence electrons. The van der Waals surface area contributed by atoms with Crippen LogP contribution >= 0.6 is 0 Å². The van der Waals surface area contributed by atoms with Crippen LogP contribution in [0.1, 0.15) is 30.5 Å². The zero-order valence-electron chi connectivity index (χ0n) is 13.0. The molecule has 22 heavy (non-hydrogen) atoms. The number of hydrogen-bond donors (Lipinski definition) is 1. The van der Waals surface area contributed by atoms with Gasteiger partial charge in [-0.2, -0.15) is 0 Å². The number of benzene rings is 1. The van der Waals surface area contributed by atoms with Crippen LogP contribution in [0.15, 0.2) is 6.07 Å². The fourth-order valence-electron chi connectivity index (χ4n) is 3.59. The number of methoxy groups -OCH3 is 1. The first-order chi connectivity index (χ1) is 10.6. The van der Waals surface area contributed by atoms with Gasteiger partial charge < -0.3 is 19.1 Å². The molecule has 0 amide bonds. The summed E-state index contributed by atoms with van der Waals surface area (Å²) in [6, 6.07) is 1.06. The molecule has 0 bridgehead atoms. The van der Waals surface area contributed by atoms with Gasteiger partial charge in [-0.05, 0) is 11.6 Å². The van der Waals surface area contributed by atoms with E-state index in [1.54, 1.807) is 7.11 Å². The van der Waals surface area contributed by atoms with Gasteiger partial charge >= 0.3 is 0 Å². The first kappa shape index (κ1) is 14.9. The number of quaternary nitrogens is 1. The summed E-state index contributed by atoms with van der Waals surface area (Å²) in [5.74, 6) is 1.83. The highest BCUT2D eigenvalue weighted by Crippen LogP contribution is 2.48. The minimum atomic E-state index is -0.645. The van der Waals surface area contributed by atoms with Gasteiger partial charge in [-0.15, -0.1) is 0 Å². The summed E-state index contributed by atoms with van der Waals surface area (Å²) < 4.78 is 16.5. The maximum Gasteiger partial charge on any atom is 0.267 e. The van der Waals surface area contributed by atoms with Gasteiger partial charge in [-0.1, -0.05) is 6.92 Å². The topological polar surface area (TPSA) is 75.3 Å². The van der Waals surface area contributed by atoms with Crippen molar-refractivity contribution in [3.63, 3.8) is 0 Å². The van der Waals surface area contributed by atoms with Gasteiger partial charge in [-0.3, -0.25) is 10.1 Å². The fraction of sp³-hybridized carbons (Fsp3) is 0.600. The molecule has 0 aliphatic carbocycles. The van der Waals surface area contributed by atoms with Crippen LogP contribution in [0.3, 0.4) is 0 Å². The molecule has 3 atom stereocenters. The van der Waals surface area contributed by atoms with Crippen molar-refractivity contribution in [1.29, 1.82) is 0 Å². The van der Waals surface area contributed by atoms with Crippen molar-refractivity contribution in [3.05, 3.63) is 27.3 Å². The molecule has 7 nitrogen and oxygen atoms in total. The third-order valence-electron chi connectivity index (χ3n) is 4.65. The second kappa shape index (κ2) is 5.64. The lowest BCUT2D eigenvalue weighted by molar-refractivity contribution is -0.928.